The molecule has 0 aliphatic heterocycles. The summed E-state index contributed by atoms with van der Waals surface area (Å²) in [4.78, 5) is 5.84. The van der Waals surface area contributed by atoms with Gasteiger partial charge in [0.25, 0.3) is 0 Å². The Morgan fingerprint density at radius 1 is 1.10 bits per heavy atom. The lowest BCUT2D eigenvalue weighted by atomic mass is 10.2. The van der Waals surface area contributed by atoms with Crippen molar-refractivity contribution in [2.24, 2.45) is 0 Å². The van der Waals surface area contributed by atoms with Crippen molar-refractivity contribution < 1.29 is 8.78 Å². The van der Waals surface area contributed by atoms with Crippen LogP contribution >= 0.6 is 0 Å². The molecule has 0 saturated carbocycles. The second kappa shape index (κ2) is 6.18. The number of hydrogen-bond acceptors (Lipinski definition) is 4. The van der Waals surface area contributed by atoms with Gasteiger partial charge in [-0.05, 0) is 24.3 Å². The maximum Gasteiger partial charge on any atom is 0.240 e. The SMILES string of the molecule is Nc1ccc(N(CCC(F)F)c2ccccc2N)nc1. The van der Waals surface area contributed by atoms with E-state index in [2.05, 4.69) is 4.98 Å². The molecule has 0 aliphatic rings. The molecule has 0 unspecified atom stereocenters. The molecule has 1 aromatic heterocycles. The van der Waals surface area contributed by atoms with E-state index < -0.39 is 6.43 Å². The molecule has 20 heavy (non-hydrogen) atoms. The van der Waals surface area contributed by atoms with Crippen LogP contribution in [0.3, 0.4) is 0 Å². The van der Waals surface area contributed by atoms with E-state index in [0.717, 1.165) is 0 Å². The highest BCUT2D eigenvalue weighted by Crippen LogP contribution is 2.29. The van der Waals surface area contributed by atoms with Crippen LogP contribution in [0, 0.1) is 0 Å². The average molecular weight is 278 g/mol. The Labute approximate surface area is 116 Å². The normalized spacial score (nSPS) is 10.8. The molecule has 1 heterocycles. The summed E-state index contributed by atoms with van der Waals surface area (Å²) < 4.78 is 25.0. The first kappa shape index (κ1) is 14.0. The standard InChI is InChI=1S/C14H16F2N4/c15-13(16)7-8-20(12-4-2-1-3-11(12)18)14-6-5-10(17)9-19-14/h1-6,9,13H,7-8,17-18H2. The molecule has 1 aromatic carbocycles. The number of para-hydroxylation sites is 2. The van der Waals surface area contributed by atoms with Crippen LogP contribution in [-0.2, 0) is 0 Å². The summed E-state index contributed by atoms with van der Waals surface area (Å²) in [5.74, 6) is 0.540. The molecular formula is C14H16F2N4. The van der Waals surface area contributed by atoms with Crippen LogP contribution in [-0.4, -0.2) is 18.0 Å². The van der Waals surface area contributed by atoms with Gasteiger partial charge in [-0.2, -0.15) is 0 Å². The minimum absolute atomic E-state index is 0.128. The molecule has 0 atom stereocenters. The molecular weight excluding hydrogens is 262 g/mol. The molecule has 0 bridgehead atoms. The van der Waals surface area contributed by atoms with Gasteiger partial charge < -0.3 is 16.4 Å². The van der Waals surface area contributed by atoms with Crippen molar-refractivity contribution in [2.75, 3.05) is 22.9 Å². The maximum absolute atomic E-state index is 12.5. The highest BCUT2D eigenvalue weighted by atomic mass is 19.3. The number of nitrogens with zero attached hydrogens (tertiary/aromatic N) is 2. The number of hydrogen-bond donors (Lipinski definition) is 2. The Bertz CT molecular complexity index is 557. The van der Waals surface area contributed by atoms with Crippen molar-refractivity contribution in [3.63, 3.8) is 0 Å². The predicted octanol–water partition coefficient (Wildman–Crippen LogP) is 3.04. The molecule has 0 aliphatic carbocycles. The van der Waals surface area contributed by atoms with Crippen LogP contribution in [0.1, 0.15) is 6.42 Å². The van der Waals surface area contributed by atoms with E-state index in [4.69, 9.17) is 11.5 Å². The van der Waals surface area contributed by atoms with E-state index in [-0.39, 0.29) is 13.0 Å². The molecule has 0 spiro atoms. The van der Waals surface area contributed by atoms with Gasteiger partial charge in [-0.25, -0.2) is 13.8 Å². The van der Waals surface area contributed by atoms with Gasteiger partial charge in [0.15, 0.2) is 0 Å². The van der Waals surface area contributed by atoms with Crippen LogP contribution in [0.5, 0.6) is 0 Å². The van der Waals surface area contributed by atoms with Gasteiger partial charge in [-0.15, -0.1) is 0 Å². The third-order valence-electron chi connectivity index (χ3n) is 2.85. The van der Waals surface area contributed by atoms with E-state index in [1.807, 2.05) is 0 Å². The van der Waals surface area contributed by atoms with E-state index in [1.54, 1.807) is 41.3 Å². The summed E-state index contributed by atoms with van der Waals surface area (Å²) in [5.41, 5.74) is 13.2. The lowest BCUT2D eigenvalue weighted by Gasteiger charge is -2.25. The first-order chi connectivity index (χ1) is 9.58. The molecule has 2 aromatic rings. The van der Waals surface area contributed by atoms with E-state index >= 15 is 0 Å². The molecule has 106 valence electrons. The number of rotatable bonds is 5. The van der Waals surface area contributed by atoms with Gasteiger partial charge in [0.2, 0.25) is 6.43 Å². The molecule has 0 saturated heterocycles. The fourth-order valence-corrected chi connectivity index (χ4v) is 1.88. The number of nitrogen functional groups attached to an aromatic ring is 2. The van der Waals surface area contributed by atoms with Crippen molar-refractivity contribution in [2.45, 2.75) is 12.8 Å². The zero-order valence-corrected chi connectivity index (χ0v) is 10.8. The fourth-order valence-electron chi connectivity index (χ4n) is 1.88. The smallest absolute Gasteiger partial charge is 0.240 e. The van der Waals surface area contributed by atoms with Crippen molar-refractivity contribution in [3.05, 3.63) is 42.6 Å². The zero-order valence-electron chi connectivity index (χ0n) is 10.8. The largest absolute Gasteiger partial charge is 0.397 e. The summed E-state index contributed by atoms with van der Waals surface area (Å²) in [5, 5.41) is 0. The Morgan fingerprint density at radius 3 is 2.45 bits per heavy atom. The highest BCUT2D eigenvalue weighted by Gasteiger charge is 2.15. The van der Waals surface area contributed by atoms with Crippen LogP contribution in [0.25, 0.3) is 0 Å². The number of alkyl halides is 2. The van der Waals surface area contributed by atoms with Crippen molar-refractivity contribution >= 4 is 22.9 Å². The average Bonchev–Trinajstić information content (AvgIpc) is 2.42. The van der Waals surface area contributed by atoms with E-state index in [9.17, 15) is 8.78 Å². The number of benzene rings is 1. The quantitative estimate of drug-likeness (QED) is 0.825. The van der Waals surface area contributed by atoms with Crippen LogP contribution < -0.4 is 16.4 Å². The monoisotopic (exact) mass is 278 g/mol. The van der Waals surface area contributed by atoms with Gasteiger partial charge in [0.05, 0.1) is 23.3 Å². The molecule has 0 radical (unpaired) electrons. The maximum atomic E-state index is 12.5. The third-order valence-corrected chi connectivity index (χ3v) is 2.85. The Kier molecular flexibility index (Phi) is 4.34. The first-order valence-electron chi connectivity index (χ1n) is 6.19. The number of anilines is 4. The number of nitrogens with two attached hydrogens (primary N) is 2. The minimum atomic E-state index is -2.38. The Morgan fingerprint density at radius 2 is 1.85 bits per heavy atom. The van der Waals surface area contributed by atoms with Crippen LogP contribution in [0.2, 0.25) is 0 Å². The molecule has 4 N–H and O–H groups in total. The summed E-state index contributed by atoms with van der Waals surface area (Å²) >= 11 is 0. The van der Waals surface area contributed by atoms with Gasteiger partial charge in [-0.1, -0.05) is 12.1 Å². The van der Waals surface area contributed by atoms with Crippen LogP contribution in [0.4, 0.5) is 31.7 Å². The summed E-state index contributed by atoms with van der Waals surface area (Å²) in [6.07, 6.45) is -1.15. The van der Waals surface area contributed by atoms with Crippen molar-refractivity contribution in [1.29, 1.82) is 0 Å². The minimum Gasteiger partial charge on any atom is -0.397 e. The topological polar surface area (TPSA) is 68.2 Å². The van der Waals surface area contributed by atoms with Gasteiger partial charge in [0, 0.05) is 13.0 Å². The summed E-state index contributed by atoms with van der Waals surface area (Å²) in [6, 6.07) is 10.5. The Balaban J connectivity index is 2.34. The zero-order chi connectivity index (χ0) is 14.5. The molecule has 2 rings (SSSR count). The number of pyridine rings is 1. The van der Waals surface area contributed by atoms with E-state index in [1.165, 1.54) is 6.20 Å². The van der Waals surface area contributed by atoms with Crippen molar-refractivity contribution in [1.82, 2.24) is 4.98 Å². The molecule has 0 amide bonds. The summed E-state index contributed by atoms with van der Waals surface area (Å²) in [6.45, 7) is 0.128. The Hall–Kier alpha value is -2.37. The lowest BCUT2D eigenvalue weighted by molar-refractivity contribution is 0.140. The second-order valence-electron chi connectivity index (χ2n) is 4.34. The first-order valence-corrected chi connectivity index (χ1v) is 6.19. The van der Waals surface area contributed by atoms with Crippen molar-refractivity contribution in [3.8, 4) is 0 Å². The molecule has 4 nitrogen and oxygen atoms in total. The fraction of sp³-hybridized carbons (Fsp3) is 0.214. The third kappa shape index (κ3) is 3.34. The lowest BCUT2D eigenvalue weighted by Crippen LogP contribution is -2.22. The number of aromatic nitrogens is 1. The second-order valence-corrected chi connectivity index (χ2v) is 4.34. The van der Waals surface area contributed by atoms with Gasteiger partial charge in [-0.3, -0.25) is 0 Å². The van der Waals surface area contributed by atoms with E-state index in [0.29, 0.717) is 22.9 Å². The highest BCUT2D eigenvalue weighted by molar-refractivity contribution is 5.73. The van der Waals surface area contributed by atoms with Crippen LogP contribution in [0.15, 0.2) is 42.6 Å². The predicted molar refractivity (Wildman–Crippen MR) is 77.1 cm³/mol. The molecule has 0 fully saturated rings. The summed E-state index contributed by atoms with van der Waals surface area (Å²) in [7, 11) is 0. The van der Waals surface area contributed by atoms with Gasteiger partial charge in [0.1, 0.15) is 5.82 Å². The number of halogens is 2. The molecule has 6 heteroatoms. The van der Waals surface area contributed by atoms with Gasteiger partial charge >= 0.3 is 0 Å².